The first kappa shape index (κ1) is 23.4. The Bertz CT molecular complexity index is 717. The minimum atomic E-state index is -0.225. The first-order valence-electron chi connectivity index (χ1n) is 9.13. The van der Waals surface area contributed by atoms with Gasteiger partial charge in [0.05, 0.1) is 0 Å². The third kappa shape index (κ3) is 8.26. The smallest absolute Gasteiger partial charge is 0.191 e. The molecule has 2 N–H and O–H groups in total. The van der Waals surface area contributed by atoms with Crippen molar-refractivity contribution in [1.29, 1.82) is 0 Å². The van der Waals surface area contributed by atoms with Crippen molar-refractivity contribution in [2.24, 2.45) is 4.99 Å². The second kappa shape index (κ2) is 12.7. The van der Waals surface area contributed by atoms with Gasteiger partial charge in [-0.3, -0.25) is 9.89 Å². The van der Waals surface area contributed by atoms with Crippen molar-refractivity contribution in [3.63, 3.8) is 0 Å². The van der Waals surface area contributed by atoms with Crippen LogP contribution in [0, 0.1) is 5.82 Å². The van der Waals surface area contributed by atoms with Gasteiger partial charge in [-0.2, -0.15) is 0 Å². The van der Waals surface area contributed by atoms with Crippen molar-refractivity contribution < 1.29 is 4.39 Å². The number of nitrogens with zero attached hydrogens (tertiary/aromatic N) is 2. The Kier molecular flexibility index (Phi) is 11.0. The number of aliphatic imine (C=N–C) groups is 1. The van der Waals surface area contributed by atoms with Crippen LogP contribution in [0.4, 0.5) is 4.39 Å². The highest BCUT2D eigenvalue weighted by Gasteiger charge is 2.04. The normalized spacial score (nSPS) is 11.2. The molecule has 4 nitrogen and oxygen atoms in total. The summed E-state index contributed by atoms with van der Waals surface area (Å²) in [5.74, 6) is 0.473. The molecule has 0 radical (unpaired) electrons. The Morgan fingerprint density at radius 1 is 0.926 bits per heavy atom. The van der Waals surface area contributed by atoms with Gasteiger partial charge in [0.1, 0.15) is 5.82 Å². The van der Waals surface area contributed by atoms with Crippen LogP contribution in [0.1, 0.15) is 30.5 Å². The third-order valence-electron chi connectivity index (χ3n) is 4.32. The lowest BCUT2D eigenvalue weighted by Gasteiger charge is -2.18. The zero-order chi connectivity index (χ0) is 18.8. The number of rotatable bonds is 8. The molecule has 0 bridgehead atoms. The third-order valence-corrected chi connectivity index (χ3v) is 4.32. The molecule has 2 rings (SSSR count). The molecule has 0 aliphatic carbocycles. The highest BCUT2D eigenvalue weighted by molar-refractivity contribution is 14.0. The lowest BCUT2D eigenvalue weighted by molar-refractivity contribution is 0.296. The van der Waals surface area contributed by atoms with E-state index >= 15 is 0 Å². The van der Waals surface area contributed by atoms with Crippen molar-refractivity contribution >= 4 is 29.9 Å². The van der Waals surface area contributed by atoms with Gasteiger partial charge in [0.15, 0.2) is 5.96 Å². The van der Waals surface area contributed by atoms with E-state index in [4.69, 9.17) is 0 Å². The molecule has 0 amide bonds. The van der Waals surface area contributed by atoms with E-state index in [1.807, 2.05) is 6.07 Å². The second-order valence-corrected chi connectivity index (χ2v) is 6.19. The summed E-state index contributed by atoms with van der Waals surface area (Å²) in [6.45, 7) is 8.65. The number of halogens is 2. The lowest BCUT2D eigenvalue weighted by atomic mass is 10.1. The van der Waals surface area contributed by atoms with E-state index in [0.717, 1.165) is 25.2 Å². The van der Waals surface area contributed by atoms with Gasteiger partial charge in [0.2, 0.25) is 0 Å². The van der Waals surface area contributed by atoms with Gasteiger partial charge in [0.25, 0.3) is 0 Å². The Hall–Kier alpha value is -1.67. The summed E-state index contributed by atoms with van der Waals surface area (Å²) in [5.41, 5.74) is 3.41. The van der Waals surface area contributed by atoms with Gasteiger partial charge < -0.3 is 10.6 Å². The van der Waals surface area contributed by atoms with Crippen molar-refractivity contribution in [1.82, 2.24) is 15.5 Å². The average molecular weight is 484 g/mol. The summed E-state index contributed by atoms with van der Waals surface area (Å²) >= 11 is 0. The summed E-state index contributed by atoms with van der Waals surface area (Å²) in [5, 5.41) is 6.52. The fourth-order valence-electron chi connectivity index (χ4n) is 2.78. The largest absolute Gasteiger partial charge is 0.352 e. The molecule has 0 atom stereocenters. The second-order valence-electron chi connectivity index (χ2n) is 6.19. The summed E-state index contributed by atoms with van der Waals surface area (Å²) in [6, 6.07) is 15.2. The minimum Gasteiger partial charge on any atom is -0.352 e. The Labute approximate surface area is 179 Å². The first-order chi connectivity index (χ1) is 12.6. The number of nitrogens with one attached hydrogen (secondary N) is 2. The minimum absolute atomic E-state index is 0. The average Bonchev–Trinajstić information content (AvgIpc) is 2.66. The van der Waals surface area contributed by atoms with Crippen molar-refractivity contribution in [3.8, 4) is 0 Å². The number of hydrogen-bond donors (Lipinski definition) is 2. The van der Waals surface area contributed by atoms with E-state index < -0.39 is 0 Å². The van der Waals surface area contributed by atoms with E-state index in [9.17, 15) is 4.39 Å². The van der Waals surface area contributed by atoms with E-state index in [2.05, 4.69) is 58.6 Å². The molecule has 0 saturated heterocycles. The van der Waals surface area contributed by atoms with Gasteiger partial charge in [-0.15, -0.1) is 24.0 Å². The van der Waals surface area contributed by atoms with Gasteiger partial charge in [-0.05, 0) is 41.9 Å². The number of benzene rings is 2. The maximum Gasteiger partial charge on any atom is 0.191 e. The summed E-state index contributed by atoms with van der Waals surface area (Å²) < 4.78 is 13.2. The number of guanidine groups is 1. The molecule has 0 heterocycles. The van der Waals surface area contributed by atoms with E-state index in [1.54, 1.807) is 13.1 Å². The van der Waals surface area contributed by atoms with Crippen LogP contribution in [-0.4, -0.2) is 31.0 Å². The van der Waals surface area contributed by atoms with Gasteiger partial charge in [-0.25, -0.2) is 4.39 Å². The molecule has 0 aliphatic heterocycles. The molecule has 0 unspecified atom stereocenters. The molecule has 0 saturated carbocycles. The monoisotopic (exact) mass is 484 g/mol. The van der Waals surface area contributed by atoms with E-state index in [1.165, 1.54) is 23.3 Å². The zero-order valence-corrected chi connectivity index (χ0v) is 18.7. The fraction of sp³-hybridized carbons (Fsp3) is 0.381. The Morgan fingerprint density at radius 3 is 2.04 bits per heavy atom. The quantitative estimate of drug-likeness (QED) is 0.336. The molecule has 2 aromatic carbocycles. The Morgan fingerprint density at radius 2 is 1.48 bits per heavy atom. The van der Waals surface area contributed by atoms with E-state index in [-0.39, 0.29) is 29.8 Å². The first-order valence-corrected chi connectivity index (χ1v) is 9.13. The SMILES string of the molecule is CCN(CC)Cc1cccc(CNC(=NC)NCc2cccc(F)c2)c1.I. The molecule has 0 fully saturated rings. The fourth-order valence-corrected chi connectivity index (χ4v) is 2.78. The molecule has 27 heavy (non-hydrogen) atoms. The highest BCUT2D eigenvalue weighted by atomic mass is 127. The van der Waals surface area contributed by atoms with Gasteiger partial charge in [0, 0.05) is 26.7 Å². The van der Waals surface area contributed by atoms with Gasteiger partial charge >= 0.3 is 0 Å². The molecular weight excluding hydrogens is 454 g/mol. The summed E-state index contributed by atoms with van der Waals surface area (Å²) in [4.78, 5) is 6.63. The van der Waals surface area contributed by atoms with Crippen LogP contribution in [0.25, 0.3) is 0 Å². The standard InChI is InChI=1S/C21H29FN4.HI/c1-4-26(5-2)16-19-10-6-8-17(12-19)14-24-21(23-3)25-15-18-9-7-11-20(22)13-18;/h6-13H,4-5,14-16H2,1-3H3,(H2,23,24,25);1H. The predicted octanol–water partition coefficient (Wildman–Crippen LogP) is 4.15. The molecule has 6 heteroatoms. The van der Waals surface area contributed by atoms with Crippen molar-refractivity contribution in [2.45, 2.75) is 33.5 Å². The summed E-state index contributed by atoms with van der Waals surface area (Å²) in [7, 11) is 1.73. The van der Waals surface area contributed by atoms with Crippen LogP contribution < -0.4 is 10.6 Å². The molecule has 0 spiro atoms. The van der Waals surface area contributed by atoms with Crippen LogP contribution in [0.2, 0.25) is 0 Å². The van der Waals surface area contributed by atoms with Gasteiger partial charge in [-0.1, -0.05) is 50.2 Å². The van der Waals surface area contributed by atoms with Crippen molar-refractivity contribution in [3.05, 3.63) is 71.0 Å². The molecule has 0 aromatic heterocycles. The maximum atomic E-state index is 13.2. The van der Waals surface area contributed by atoms with Crippen LogP contribution in [-0.2, 0) is 19.6 Å². The zero-order valence-electron chi connectivity index (χ0n) is 16.3. The highest BCUT2D eigenvalue weighted by Crippen LogP contribution is 2.08. The maximum absolute atomic E-state index is 13.2. The molecule has 148 valence electrons. The molecular formula is C21H30FIN4. The van der Waals surface area contributed by atoms with Crippen LogP contribution in [0.3, 0.4) is 0 Å². The Balaban J connectivity index is 0.00000364. The van der Waals surface area contributed by atoms with Crippen LogP contribution >= 0.6 is 24.0 Å². The van der Waals surface area contributed by atoms with Crippen molar-refractivity contribution in [2.75, 3.05) is 20.1 Å². The molecule has 2 aromatic rings. The molecule has 0 aliphatic rings. The van der Waals surface area contributed by atoms with E-state index in [0.29, 0.717) is 19.0 Å². The van der Waals surface area contributed by atoms with Crippen LogP contribution in [0.15, 0.2) is 53.5 Å². The van der Waals surface area contributed by atoms with Crippen LogP contribution in [0.5, 0.6) is 0 Å². The summed E-state index contributed by atoms with van der Waals surface area (Å²) in [6.07, 6.45) is 0. The number of hydrogen-bond acceptors (Lipinski definition) is 2. The predicted molar refractivity (Wildman–Crippen MR) is 122 cm³/mol. The lowest BCUT2D eigenvalue weighted by Crippen LogP contribution is -2.36. The topological polar surface area (TPSA) is 39.7 Å².